The zero-order valence-electron chi connectivity index (χ0n) is 10.8. The molecule has 0 saturated carbocycles. The van der Waals surface area contributed by atoms with Crippen LogP contribution in [-0.2, 0) is 11.2 Å². The van der Waals surface area contributed by atoms with Gasteiger partial charge in [-0.15, -0.1) is 11.3 Å². The normalized spacial score (nSPS) is 10.7. The molecule has 8 heteroatoms. The van der Waals surface area contributed by atoms with Crippen molar-refractivity contribution >= 4 is 33.9 Å². The summed E-state index contributed by atoms with van der Waals surface area (Å²) in [6.07, 6.45) is 3.82. The molecule has 106 valence electrons. The van der Waals surface area contributed by atoms with Crippen LogP contribution >= 0.6 is 11.3 Å². The number of hydrogen-bond donors (Lipinski definition) is 2. The molecule has 0 bridgehead atoms. The van der Waals surface area contributed by atoms with Crippen LogP contribution in [0.5, 0.6) is 0 Å². The van der Waals surface area contributed by atoms with Crippen molar-refractivity contribution in [2.45, 2.75) is 6.42 Å². The maximum Gasteiger partial charge on any atom is 0.267 e. The summed E-state index contributed by atoms with van der Waals surface area (Å²) in [5, 5.41) is 4.54. The number of fused-ring (bicyclic) bond motifs is 1. The highest BCUT2D eigenvalue weighted by Gasteiger charge is 2.10. The molecule has 7 nitrogen and oxygen atoms in total. The maximum absolute atomic E-state index is 11.9. The predicted octanol–water partition coefficient (Wildman–Crippen LogP) is 1.07. The molecule has 0 radical (unpaired) electrons. The van der Waals surface area contributed by atoms with E-state index in [1.807, 2.05) is 16.0 Å². The van der Waals surface area contributed by atoms with E-state index in [0.29, 0.717) is 5.69 Å². The largest absolute Gasteiger partial charge is 0.364 e. The lowest BCUT2D eigenvalue weighted by Gasteiger charge is -2.04. The lowest BCUT2D eigenvalue weighted by atomic mass is 10.3. The Hall–Kier alpha value is -2.74. The minimum absolute atomic E-state index is 0.107. The van der Waals surface area contributed by atoms with E-state index in [1.165, 1.54) is 17.4 Å². The first kappa shape index (κ1) is 13.3. The molecule has 0 spiro atoms. The quantitative estimate of drug-likeness (QED) is 0.752. The summed E-state index contributed by atoms with van der Waals surface area (Å²) in [4.78, 5) is 32.1. The summed E-state index contributed by atoms with van der Waals surface area (Å²) in [5.74, 6) is -0.604. The van der Waals surface area contributed by atoms with Gasteiger partial charge in [-0.3, -0.25) is 14.0 Å². The van der Waals surface area contributed by atoms with E-state index in [0.717, 1.165) is 4.96 Å². The van der Waals surface area contributed by atoms with Crippen LogP contribution in [0.15, 0.2) is 36.0 Å². The van der Waals surface area contributed by atoms with Gasteiger partial charge in [0.05, 0.1) is 12.1 Å². The standard InChI is InChI=1S/C13H11N5O2S/c14-12(20)9-2-1-3-10(16-9)17-11(19)6-8-7-18-4-5-21-13(18)15-8/h1-5,7H,6H2,(H2,14,20)(H,16,17,19). The molecule has 0 saturated heterocycles. The average molecular weight is 301 g/mol. The summed E-state index contributed by atoms with van der Waals surface area (Å²) in [6.45, 7) is 0. The average Bonchev–Trinajstić information content (AvgIpc) is 2.99. The van der Waals surface area contributed by atoms with Crippen molar-refractivity contribution in [3.05, 3.63) is 47.4 Å². The van der Waals surface area contributed by atoms with Gasteiger partial charge in [0.15, 0.2) is 4.96 Å². The molecule has 3 aromatic heterocycles. The number of thiazole rings is 1. The highest BCUT2D eigenvalue weighted by molar-refractivity contribution is 7.15. The first-order valence-corrected chi connectivity index (χ1v) is 6.97. The monoisotopic (exact) mass is 301 g/mol. The van der Waals surface area contributed by atoms with Gasteiger partial charge in [-0.25, -0.2) is 9.97 Å². The molecular weight excluding hydrogens is 290 g/mol. The van der Waals surface area contributed by atoms with Crippen LogP contribution in [0.3, 0.4) is 0 Å². The number of imidazole rings is 1. The van der Waals surface area contributed by atoms with Gasteiger partial charge in [-0.1, -0.05) is 6.07 Å². The molecule has 3 heterocycles. The topological polar surface area (TPSA) is 102 Å². The van der Waals surface area contributed by atoms with Gasteiger partial charge in [0, 0.05) is 17.8 Å². The number of nitrogens with one attached hydrogen (secondary N) is 1. The third-order valence-electron chi connectivity index (χ3n) is 2.75. The van der Waals surface area contributed by atoms with Gasteiger partial charge in [0.2, 0.25) is 5.91 Å². The highest BCUT2D eigenvalue weighted by Crippen LogP contribution is 2.12. The molecule has 3 aromatic rings. The number of nitrogens with two attached hydrogens (primary N) is 1. The van der Waals surface area contributed by atoms with Crippen LogP contribution in [0.1, 0.15) is 16.2 Å². The van der Waals surface area contributed by atoms with E-state index in [4.69, 9.17) is 5.73 Å². The number of hydrogen-bond acceptors (Lipinski definition) is 5. The fourth-order valence-electron chi connectivity index (χ4n) is 1.85. The van der Waals surface area contributed by atoms with E-state index >= 15 is 0 Å². The lowest BCUT2D eigenvalue weighted by molar-refractivity contribution is -0.115. The van der Waals surface area contributed by atoms with Crippen LogP contribution < -0.4 is 11.1 Å². The van der Waals surface area contributed by atoms with Gasteiger partial charge in [0.25, 0.3) is 5.91 Å². The molecule has 0 fully saturated rings. The summed E-state index contributed by atoms with van der Waals surface area (Å²) in [7, 11) is 0. The maximum atomic E-state index is 11.9. The zero-order chi connectivity index (χ0) is 14.8. The van der Waals surface area contributed by atoms with E-state index < -0.39 is 5.91 Å². The first-order chi connectivity index (χ1) is 10.1. The Morgan fingerprint density at radius 2 is 2.19 bits per heavy atom. The van der Waals surface area contributed by atoms with E-state index in [-0.39, 0.29) is 23.8 Å². The van der Waals surface area contributed by atoms with Crippen LogP contribution in [0, 0.1) is 0 Å². The van der Waals surface area contributed by atoms with E-state index in [1.54, 1.807) is 18.3 Å². The summed E-state index contributed by atoms with van der Waals surface area (Å²) < 4.78 is 1.86. The Bertz CT molecular complexity index is 794. The number of aromatic nitrogens is 3. The second-order valence-electron chi connectivity index (χ2n) is 4.32. The molecule has 0 atom stereocenters. The molecule has 3 N–H and O–H groups in total. The number of anilines is 1. The summed E-state index contributed by atoms with van der Waals surface area (Å²) >= 11 is 1.50. The number of carbonyl (C=O) groups is 2. The SMILES string of the molecule is NC(=O)c1cccc(NC(=O)Cc2cn3ccsc3n2)n1. The predicted molar refractivity (Wildman–Crippen MR) is 78.2 cm³/mol. The molecule has 0 unspecified atom stereocenters. The van der Waals surface area contributed by atoms with Crippen LogP contribution in [0.2, 0.25) is 0 Å². The van der Waals surface area contributed by atoms with Crippen molar-refractivity contribution in [3.8, 4) is 0 Å². The number of pyridine rings is 1. The zero-order valence-corrected chi connectivity index (χ0v) is 11.6. The second-order valence-corrected chi connectivity index (χ2v) is 5.20. The third-order valence-corrected chi connectivity index (χ3v) is 3.52. The highest BCUT2D eigenvalue weighted by atomic mass is 32.1. The Morgan fingerprint density at radius 1 is 1.33 bits per heavy atom. The number of primary amides is 1. The molecular formula is C13H11N5O2S. The number of amides is 2. The lowest BCUT2D eigenvalue weighted by Crippen LogP contribution is -2.18. The fourth-order valence-corrected chi connectivity index (χ4v) is 2.57. The van der Waals surface area contributed by atoms with Crippen LogP contribution in [-0.4, -0.2) is 26.2 Å². The minimum atomic E-state index is -0.638. The molecule has 3 rings (SSSR count). The van der Waals surface area contributed by atoms with Crippen molar-refractivity contribution in [1.82, 2.24) is 14.4 Å². The van der Waals surface area contributed by atoms with Crippen LogP contribution in [0.25, 0.3) is 4.96 Å². The molecule has 2 amide bonds. The minimum Gasteiger partial charge on any atom is -0.364 e. The van der Waals surface area contributed by atoms with Gasteiger partial charge in [0.1, 0.15) is 11.5 Å². The Labute approximate surface area is 123 Å². The molecule has 0 aromatic carbocycles. The summed E-state index contributed by atoms with van der Waals surface area (Å²) in [5.41, 5.74) is 5.92. The molecule has 21 heavy (non-hydrogen) atoms. The first-order valence-electron chi connectivity index (χ1n) is 6.09. The van der Waals surface area contributed by atoms with Gasteiger partial charge in [-0.05, 0) is 12.1 Å². The molecule has 0 aliphatic heterocycles. The van der Waals surface area contributed by atoms with Gasteiger partial charge in [-0.2, -0.15) is 0 Å². The van der Waals surface area contributed by atoms with Crippen molar-refractivity contribution in [2.24, 2.45) is 5.73 Å². The Kier molecular flexibility index (Phi) is 3.36. The van der Waals surface area contributed by atoms with Crippen molar-refractivity contribution in [1.29, 1.82) is 0 Å². The third kappa shape index (κ3) is 2.90. The Morgan fingerprint density at radius 3 is 2.95 bits per heavy atom. The summed E-state index contributed by atoms with van der Waals surface area (Å²) in [6, 6.07) is 4.69. The van der Waals surface area contributed by atoms with Crippen LogP contribution in [0.4, 0.5) is 5.82 Å². The smallest absolute Gasteiger partial charge is 0.267 e. The number of carbonyl (C=O) groups excluding carboxylic acids is 2. The Balaban J connectivity index is 1.70. The second kappa shape index (κ2) is 5.33. The van der Waals surface area contributed by atoms with E-state index in [2.05, 4.69) is 15.3 Å². The van der Waals surface area contributed by atoms with Gasteiger partial charge < -0.3 is 11.1 Å². The van der Waals surface area contributed by atoms with Gasteiger partial charge >= 0.3 is 0 Å². The fraction of sp³-hybridized carbons (Fsp3) is 0.0769. The molecule has 0 aliphatic rings. The van der Waals surface area contributed by atoms with Crippen molar-refractivity contribution < 1.29 is 9.59 Å². The van der Waals surface area contributed by atoms with Crippen molar-refractivity contribution in [2.75, 3.05) is 5.32 Å². The number of nitrogens with zero attached hydrogens (tertiary/aromatic N) is 3. The van der Waals surface area contributed by atoms with Crippen molar-refractivity contribution in [3.63, 3.8) is 0 Å². The van der Waals surface area contributed by atoms with E-state index in [9.17, 15) is 9.59 Å². The molecule has 0 aliphatic carbocycles. The number of rotatable bonds is 4.